The Bertz CT molecular complexity index is 1540. The van der Waals surface area contributed by atoms with Gasteiger partial charge in [0.1, 0.15) is 11.6 Å². The summed E-state index contributed by atoms with van der Waals surface area (Å²) in [4.78, 5) is 17.7. The maximum absolute atomic E-state index is 13.1. The number of carbonyl (C=O) groups is 1. The third-order valence-electron chi connectivity index (χ3n) is 5.19. The predicted octanol–water partition coefficient (Wildman–Crippen LogP) is 4.43. The van der Waals surface area contributed by atoms with Gasteiger partial charge in [-0.1, -0.05) is 11.3 Å². The van der Waals surface area contributed by atoms with Crippen LogP contribution in [0.15, 0.2) is 76.6 Å². The number of hydrogen-bond acceptors (Lipinski definition) is 6. The largest absolute Gasteiger partial charge is 0.494 e. The quantitative estimate of drug-likeness (QED) is 0.346. The summed E-state index contributed by atoms with van der Waals surface area (Å²) in [6.45, 7) is 3.42. The summed E-state index contributed by atoms with van der Waals surface area (Å²) in [5.74, 6) is -0.259. The standard InChI is InChI=1S/C25H24FN3O5S2/c1-3-34-20-10-13-22-23(16-20)35-25(29(22)14-15-33-2)27-24(30)17-4-8-19(9-5-17)28-36(31,32)21-11-6-18(26)7-12-21/h4-13,16,28H,3,14-15H2,1-2H3. The van der Waals surface area contributed by atoms with Gasteiger partial charge in [0.2, 0.25) is 0 Å². The Kier molecular flexibility index (Phi) is 7.82. The van der Waals surface area contributed by atoms with Crippen LogP contribution < -0.4 is 14.3 Å². The van der Waals surface area contributed by atoms with E-state index in [0.29, 0.717) is 30.1 Å². The van der Waals surface area contributed by atoms with Crippen LogP contribution >= 0.6 is 11.3 Å². The van der Waals surface area contributed by atoms with Crippen LogP contribution in [0.25, 0.3) is 10.2 Å². The van der Waals surface area contributed by atoms with Gasteiger partial charge in [0.05, 0.1) is 28.3 Å². The summed E-state index contributed by atoms with van der Waals surface area (Å²) in [5.41, 5.74) is 1.47. The van der Waals surface area contributed by atoms with Gasteiger partial charge in [0.25, 0.3) is 15.9 Å². The molecule has 11 heteroatoms. The minimum Gasteiger partial charge on any atom is -0.494 e. The topological polar surface area (TPSA) is 99.0 Å². The number of nitrogens with zero attached hydrogens (tertiary/aromatic N) is 2. The number of rotatable bonds is 9. The van der Waals surface area contributed by atoms with Crippen molar-refractivity contribution in [3.63, 3.8) is 0 Å². The number of nitrogens with one attached hydrogen (secondary N) is 1. The third-order valence-corrected chi connectivity index (χ3v) is 7.63. The van der Waals surface area contributed by atoms with Crippen LogP contribution in [0.4, 0.5) is 10.1 Å². The Balaban J connectivity index is 1.60. The molecule has 1 heterocycles. The minimum atomic E-state index is -3.90. The molecule has 0 saturated heterocycles. The Morgan fingerprint density at radius 3 is 2.47 bits per heavy atom. The van der Waals surface area contributed by atoms with Gasteiger partial charge in [-0.3, -0.25) is 9.52 Å². The van der Waals surface area contributed by atoms with Crippen LogP contribution in [-0.2, 0) is 21.3 Å². The second kappa shape index (κ2) is 11.0. The van der Waals surface area contributed by atoms with E-state index < -0.39 is 21.7 Å². The van der Waals surface area contributed by atoms with Crippen LogP contribution in [-0.4, -0.2) is 39.2 Å². The number of fused-ring (bicyclic) bond motifs is 1. The smallest absolute Gasteiger partial charge is 0.279 e. The summed E-state index contributed by atoms with van der Waals surface area (Å²) in [6, 6.07) is 16.2. The number of methoxy groups -OCH3 is 1. The van der Waals surface area contributed by atoms with Crippen molar-refractivity contribution in [1.82, 2.24) is 4.57 Å². The van der Waals surface area contributed by atoms with Crippen LogP contribution in [0, 0.1) is 5.82 Å². The maximum Gasteiger partial charge on any atom is 0.279 e. The fourth-order valence-corrected chi connectivity index (χ4v) is 5.60. The number of anilines is 1. The Morgan fingerprint density at radius 2 is 1.81 bits per heavy atom. The van der Waals surface area contributed by atoms with Gasteiger partial charge in [-0.05, 0) is 73.7 Å². The highest BCUT2D eigenvalue weighted by Gasteiger charge is 2.15. The van der Waals surface area contributed by atoms with Gasteiger partial charge >= 0.3 is 0 Å². The molecule has 4 aromatic rings. The summed E-state index contributed by atoms with van der Waals surface area (Å²) in [5, 5.41) is 0. The lowest BCUT2D eigenvalue weighted by atomic mass is 10.2. The molecule has 0 fully saturated rings. The van der Waals surface area contributed by atoms with Crippen molar-refractivity contribution in [2.75, 3.05) is 25.0 Å². The fourth-order valence-electron chi connectivity index (χ4n) is 3.45. The van der Waals surface area contributed by atoms with Crippen molar-refractivity contribution in [2.45, 2.75) is 18.4 Å². The molecule has 188 valence electrons. The number of amides is 1. The molecule has 0 radical (unpaired) electrons. The SMILES string of the molecule is CCOc1ccc2c(c1)sc(=NC(=O)c1ccc(NS(=O)(=O)c3ccc(F)cc3)cc1)n2CCOC. The Labute approximate surface area is 211 Å². The summed E-state index contributed by atoms with van der Waals surface area (Å²) >= 11 is 1.37. The Hall–Kier alpha value is -3.54. The molecule has 8 nitrogen and oxygen atoms in total. The lowest BCUT2D eigenvalue weighted by Gasteiger charge is -2.08. The average Bonchev–Trinajstić information content (AvgIpc) is 3.19. The van der Waals surface area contributed by atoms with Crippen molar-refractivity contribution in [3.8, 4) is 5.75 Å². The van der Waals surface area contributed by atoms with E-state index in [1.165, 1.54) is 47.7 Å². The van der Waals surface area contributed by atoms with Crippen molar-refractivity contribution in [1.29, 1.82) is 0 Å². The molecular formula is C25H24FN3O5S2. The second-order valence-electron chi connectivity index (χ2n) is 7.65. The summed E-state index contributed by atoms with van der Waals surface area (Å²) < 4.78 is 54.2. The molecule has 0 atom stereocenters. The van der Waals surface area contributed by atoms with Crippen molar-refractivity contribution in [3.05, 3.63) is 82.9 Å². The number of aromatic nitrogens is 1. The summed E-state index contributed by atoms with van der Waals surface area (Å²) in [6.07, 6.45) is 0. The number of hydrogen-bond donors (Lipinski definition) is 1. The van der Waals surface area contributed by atoms with E-state index in [9.17, 15) is 17.6 Å². The second-order valence-corrected chi connectivity index (χ2v) is 10.3. The van der Waals surface area contributed by atoms with Gasteiger partial charge in [0.15, 0.2) is 4.80 Å². The normalized spacial score (nSPS) is 12.1. The zero-order valence-electron chi connectivity index (χ0n) is 19.6. The maximum atomic E-state index is 13.1. The van der Waals surface area contributed by atoms with Crippen LogP contribution in [0.3, 0.4) is 0 Å². The zero-order valence-corrected chi connectivity index (χ0v) is 21.2. The van der Waals surface area contributed by atoms with Crippen molar-refractivity contribution >= 4 is 43.2 Å². The first-order chi connectivity index (χ1) is 17.3. The van der Waals surface area contributed by atoms with Gasteiger partial charge < -0.3 is 14.0 Å². The predicted molar refractivity (Wildman–Crippen MR) is 136 cm³/mol. The van der Waals surface area contributed by atoms with E-state index in [4.69, 9.17) is 9.47 Å². The van der Waals surface area contributed by atoms with Crippen LogP contribution in [0.5, 0.6) is 5.75 Å². The number of thiazole rings is 1. The number of carbonyl (C=O) groups excluding carboxylic acids is 1. The zero-order chi connectivity index (χ0) is 25.7. The molecule has 0 unspecified atom stereocenters. The monoisotopic (exact) mass is 529 g/mol. The molecule has 0 aliphatic carbocycles. The van der Waals surface area contributed by atoms with Gasteiger partial charge in [-0.25, -0.2) is 12.8 Å². The lowest BCUT2D eigenvalue weighted by Crippen LogP contribution is -2.19. The highest BCUT2D eigenvalue weighted by molar-refractivity contribution is 7.92. The third kappa shape index (κ3) is 5.81. The van der Waals surface area contributed by atoms with Gasteiger partial charge in [0, 0.05) is 24.9 Å². The van der Waals surface area contributed by atoms with Crippen molar-refractivity contribution in [2.24, 2.45) is 4.99 Å². The summed E-state index contributed by atoms with van der Waals surface area (Å²) in [7, 11) is -2.29. The molecule has 0 aliphatic rings. The number of sulfonamides is 1. The average molecular weight is 530 g/mol. The van der Waals surface area contributed by atoms with Gasteiger partial charge in [-0.2, -0.15) is 4.99 Å². The number of ether oxygens (including phenoxy) is 2. The molecule has 0 saturated carbocycles. The van der Waals surface area contributed by atoms with E-state index in [2.05, 4.69) is 9.71 Å². The first kappa shape index (κ1) is 25.5. The molecular weight excluding hydrogens is 505 g/mol. The Morgan fingerprint density at radius 1 is 1.08 bits per heavy atom. The molecule has 1 amide bonds. The fraction of sp³-hybridized carbons (Fsp3) is 0.200. The van der Waals surface area contributed by atoms with Crippen LogP contribution in [0.2, 0.25) is 0 Å². The molecule has 0 spiro atoms. The molecule has 36 heavy (non-hydrogen) atoms. The van der Waals surface area contributed by atoms with Gasteiger partial charge in [-0.15, -0.1) is 0 Å². The molecule has 3 aromatic carbocycles. The van der Waals surface area contributed by atoms with E-state index >= 15 is 0 Å². The van der Waals surface area contributed by atoms with Crippen molar-refractivity contribution < 1.29 is 27.1 Å². The van der Waals surface area contributed by atoms with E-state index in [-0.39, 0.29) is 10.6 Å². The molecule has 0 aliphatic heterocycles. The highest BCUT2D eigenvalue weighted by atomic mass is 32.2. The molecule has 4 rings (SSSR count). The first-order valence-corrected chi connectivity index (χ1v) is 13.3. The van der Waals surface area contributed by atoms with E-state index in [1.54, 1.807) is 7.11 Å². The molecule has 0 bridgehead atoms. The lowest BCUT2D eigenvalue weighted by molar-refractivity contribution is 0.0997. The molecule has 1 N–H and O–H groups in total. The first-order valence-electron chi connectivity index (χ1n) is 11.0. The van der Waals surface area contributed by atoms with E-state index in [1.807, 2.05) is 29.7 Å². The molecule has 1 aromatic heterocycles. The van der Waals surface area contributed by atoms with E-state index in [0.717, 1.165) is 28.1 Å². The number of halogens is 1. The highest BCUT2D eigenvalue weighted by Crippen LogP contribution is 2.24. The number of benzene rings is 3. The minimum absolute atomic E-state index is 0.0723. The van der Waals surface area contributed by atoms with Crippen LogP contribution in [0.1, 0.15) is 17.3 Å².